The Morgan fingerprint density at radius 3 is 2.29 bits per heavy atom. The fourth-order valence-corrected chi connectivity index (χ4v) is 6.45. The van der Waals surface area contributed by atoms with Gasteiger partial charge in [-0.2, -0.15) is 0 Å². The van der Waals surface area contributed by atoms with Crippen LogP contribution in [0.1, 0.15) is 20.8 Å². The predicted molar refractivity (Wildman–Crippen MR) is 80.1 cm³/mol. The summed E-state index contributed by atoms with van der Waals surface area (Å²) >= 11 is 6.23. The SMILES string of the molecule is CC[Si](CC)(CC)c1cc2cccc(Cl)c2[nH]1. The van der Waals surface area contributed by atoms with Gasteiger partial charge in [0.15, 0.2) is 0 Å². The van der Waals surface area contributed by atoms with Crippen LogP contribution in [0.15, 0.2) is 24.3 Å². The average Bonchev–Trinajstić information content (AvgIpc) is 2.78. The molecule has 1 aromatic heterocycles. The molecule has 0 aliphatic carbocycles. The van der Waals surface area contributed by atoms with Crippen LogP contribution in [0.2, 0.25) is 23.2 Å². The maximum atomic E-state index is 6.23. The van der Waals surface area contributed by atoms with Gasteiger partial charge in [-0.05, 0) is 17.4 Å². The number of hydrogen-bond acceptors (Lipinski definition) is 0. The summed E-state index contributed by atoms with van der Waals surface area (Å²) in [6, 6.07) is 12.3. The molecule has 1 heterocycles. The Bertz CT molecular complexity index is 506. The van der Waals surface area contributed by atoms with E-state index in [4.69, 9.17) is 11.6 Å². The Morgan fingerprint density at radius 2 is 1.76 bits per heavy atom. The molecule has 2 rings (SSSR count). The fraction of sp³-hybridized carbons (Fsp3) is 0.429. The molecule has 3 heteroatoms. The molecule has 0 unspecified atom stereocenters. The molecule has 1 N–H and O–H groups in total. The van der Waals surface area contributed by atoms with Crippen molar-refractivity contribution in [3.05, 3.63) is 29.3 Å². The van der Waals surface area contributed by atoms with Gasteiger partial charge < -0.3 is 4.98 Å². The Balaban J connectivity index is 2.59. The van der Waals surface area contributed by atoms with Crippen LogP contribution in [-0.4, -0.2) is 13.1 Å². The van der Waals surface area contributed by atoms with E-state index < -0.39 is 8.07 Å². The van der Waals surface area contributed by atoms with Crippen molar-refractivity contribution in [3.8, 4) is 0 Å². The van der Waals surface area contributed by atoms with E-state index in [2.05, 4.69) is 37.9 Å². The van der Waals surface area contributed by atoms with E-state index in [-0.39, 0.29) is 0 Å². The van der Waals surface area contributed by atoms with E-state index in [0.29, 0.717) is 0 Å². The zero-order valence-electron chi connectivity index (χ0n) is 10.8. The number of aromatic nitrogens is 1. The maximum Gasteiger partial charge on any atom is 0.106 e. The quantitative estimate of drug-likeness (QED) is 0.782. The first-order chi connectivity index (χ1) is 8.16. The Kier molecular flexibility index (Phi) is 3.64. The number of aromatic amines is 1. The molecule has 1 nitrogen and oxygen atoms in total. The summed E-state index contributed by atoms with van der Waals surface area (Å²) < 4.78 is 0. The molecule has 0 saturated carbocycles. The molecular formula is C14H20ClNSi. The third kappa shape index (κ3) is 2.04. The minimum atomic E-state index is -1.31. The van der Waals surface area contributed by atoms with Gasteiger partial charge >= 0.3 is 0 Å². The summed E-state index contributed by atoms with van der Waals surface area (Å²) in [5, 5.41) is 3.55. The summed E-state index contributed by atoms with van der Waals surface area (Å²) in [7, 11) is -1.31. The fourth-order valence-electron chi connectivity index (χ4n) is 2.73. The minimum Gasteiger partial charge on any atom is -0.361 e. The van der Waals surface area contributed by atoms with Crippen molar-refractivity contribution in [2.75, 3.05) is 0 Å². The molecule has 0 aliphatic heterocycles. The van der Waals surface area contributed by atoms with E-state index in [9.17, 15) is 0 Å². The molecule has 17 heavy (non-hydrogen) atoms. The molecule has 0 atom stereocenters. The molecule has 1 aromatic carbocycles. The molecular weight excluding hydrogens is 246 g/mol. The number of para-hydroxylation sites is 1. The standard InChI is InChI=1S/C14H20ClNSi/c1-4-17(5-2,6-3)13-10-11-8-7-9-12(15)14(11)16-13/h7-10,16H,4-6H2,1-3H3. The van der Waals surface area contributed by atoms with E-state index >= 15 is 0 Å². The van der Waals surface area contributed by atoms with Crippen molar-refractivity contribution in [1.29, 1.82) is 0 Å². The van der Waals surface area contributed by atoms with Crippen molar-refractivity contribution < 1.29 is 0 Å². The summed E-state index contributed by atoms with van der Waals surface area (Å²) in [4.78, 5) is 3.59. The monoisotopic (exact) mass is 265 g/mol. The molecule has 0 radical (unpaired) electrons. The molecule has 0 amide bonds. The van der Waals surface area contributed by atoms with E-state index in [1.807, 2.05) is 12.1 Å². The number of halogens is 1. The summed E-state index contributed by atoms with van der Waals surface area (Å²) in [6.45, 7) is 6.98. The first-order valence-electron chi connectivity index (χ1n) is 6.44. The van der Waals surface area contributed by atoms with Gasteiger partial charge in [0.2, 0.25) is 0 Å². The van der Waals surface area contributed by atoms with Crippen molar-refractivity contribution in [2.45, 2.75) is 38.9 Å². The predicted octanol–water partition coefficient (Wildman–Crippen LogP) is 4.54. The largest absolute Gasteiger partial charge is 0.361 e. The van der Waals surface area contributed by atoms with Crippen LogP contribution < -0.4 is 5.32 Å². The highest BCUT2D eigenvalue weighted by Gasteiger charge is 2.30. The molecule has 0 saturated heterocycles. The van der Waals surface area contributed by atoms with Crippen LogP contribution in [0.25, 0.3) is 10.9 Å². The van der Waals surface area contributed by atoms with Crippen LogP contribution in [0, 0.1) is 0 Å². The van der Waals surface area contributed by atoms with Crippen LogP contribution in [0.3, 0.4) is 0 Å². The number of hydrogen-bond donors (Lipinski definition) is 1. The van der Waals surface area contributed by atoms with Crippen LogP contribution in [0.4, 0.5) is 0 Å². The normalized spacial score (nSPS) is 12.2. The van der Waals surface area contributed by atoms with Gasteiger partial charge in [-0.25, -0.2) is 0 Å². The van der Waals surface area contributed by atoms with Gasteiger partial charge in [0.05, 0.1) is 10.5 Å². The Hall–Kier alpha value is -0.733. The second-order valence-electron chi connectivity index (χ2n) is 4.73. The lowest BCUT2D eigenvalue weighted by atomic mass is 10.2. The number of H-pyrrole nitrogens is 1. The average molecular weight is 266 g/mol. The zero-order valence-corrected chi connectivity index (χ0v) is 12.6. The molecule has 2 aromatic rings. The topological polar surface area (TPSA) is 15.8 Å². The van der Waals surface area contributed by atoms with Gasteiger partial charge in [-0.1, -0.05) is 62.6 Å². The van der Waals surface area contributed by atoms with Crippen molar-refractivity contribution >= 4 is 35.9 Å². The van der Waals surface area contributed by atoms with Crippen LogP contribution in [0.5, 0.6) is 0 Å². The highest BCUT2D eigenvalue weighted by Crippen LogP contribution is 2.25. The number of rotatable bonds is 4. The molecule has 0 fully saturated rings. The number of fused-ring (bicyclic) bond motifs is 1. The van der Waals surface area contributed by atoms with E-state index in [1.54, 1.807) is 0 Å². The Labute approximate surface area is 109 Å². The number of benzene rings is 1. The molecule has 92 valence electrons. The lowest BCUT2D eigenvalue weighted by Crippen LogP contribution is -2.46. The van der Waals surface area contributed by atoms with Gasteiger partial charge in [0, 0.05) is 5.39 Å². The van der Waals surface area contributed by atoms with Gasteiger partial charge in [0.1, 0.15) is 8.07 Å². The highest BCUT2D eigenvalue weighted by molar-refractivity contribution is 6.91. The van der Waals surface area contributed by atoms with Crippen molar-refractivity contribution in [2.24, 2.45) is 0 Å². The van der Waals surface area contributed by atoms with Gasteiger partial charge in [-0.3, -0.25) is 0 Å². The smallest absolute Gasteiger partial charge is 0.106 e. The summed E-state index contributed by atoms with van der Waals surface area (Å²) in [6.07, 6.45) is 0. The van der Waals surface area contributed by atoms with Crippen LogP contribution >= 0.6 is 11.6 Å². The lowest BCUT2D eigenvalue weighted by Gasteiger charge is -2.26. The van der Waals surface area contributed by atoms with Gasteiger partial charge in [-0.15, -0.1) is 0 Å². The maximum absolute atomic E-state index is 6.23. The molecule has 0 aliphatic rings. The summed E-state index contributed by atoms with van der Waals surface area (Å²) in [5.74, 6) is 0. The van der Waals surface area contributed by atoms with E-state index in [1.165, 1.54) is 28.8 Å². The first-order valence-corrected chi connectivity index (χ1v) is 9.44. The Morgan fingerprint density at radius 1 is 1.12 bits per heavy atom. The number of nitrogens with one attached hydrogen (secondary N) is 1. The highest BCUT2D eigenvalue weighted by atomic mass is 35.5. The lowest BCUT2D eigenvalue weighted by molar-refractivity contribution is 1.18. The summed E-state index contributed by atoms with van der Waals surface area (Å²) in [5.41, 5.74) is 1.11. The second kappa shape index (κ2) is 4.87. The second-order valence-corrected chi connectivity index (χ2v) is 10.4. The first kappa shape index (κ1) is 12.7. The van der Waals surface area contributed by atoms with Crippen LogP contribution in [-0.2, 0) is 0 Å². The third-order valence-corrected chi connectivity index (χ3v) is 9.99. The van der Waals surface area contributed by atoms with Crippen molar-refractivity contribution in [3.63, 3.8) is 0 Å². The van der Waals surface area contributed by atoms with Crippen molar-refractivity contribution in [1.82, 2.24) is 4.98 Å². The van der Waals surface area contributed by atoms with E-state index in [0.717, 1.165) is 10.5 Å². The van der Waals surface area contributed by atoms with Gasteiger partial charge in [0.25, 0.3) is 0 Å². The minimum absolute atomic E-state index is 0.833. The third-order valence-electron chi connectivity index (χ3n) is 4.21. The zero-order chi connectivity index (χ0) is 12.5. The molecule has 0 bridgehead atoms. The molecule has 0 spiro atoms.